The van der Waals surface area contributed by atoms with Gasteiger partial charge in [0.05, 0.1) is 21.0 Å². The molecule has 14 heteroatoms. The molecule has 0 aliphatic heterocycles. The monoisotopic (exact) mass is 454 g/mol. The van der Waals surface area contributed by atoms with Gasteiger partial charge in [-0.1, -0.05) is 21.6 Å². The zero-order valence-electron chi connectivity index (χ0n) is 14.9. The average Bonchev–Trinajstić information content (AvgIpc) is 2.72. The van der Waals surface area contributed by atoms with Crippen molar-refractivity contribution in [2.75, 3.05) is 13.5 Å². The molecule has 158 valence electrons. The van der Waals surface area contributed by atoms with Gasteiger partial charge in [0.25, 0.3) is 23.2 Å². The third-order valence-corrected chi connectivity index (χ3v) is 5.99. The van der Waals surface area contributed by atoms with Gasteiger partial charge >= 0.3 is 0 Å². The van der Waals surface area contributed by atoms with Crippen LogP contribution in [-0.2, 0) is 0 Å². The summed E-state index contributed by atoms with van der Waals surface area (Å²) in [4.78, 5) is 45.3. The molecule has 2 amide bonds. The lowest BCUT2D eigenvalue weighted by Gasteiger charge is -2.11. The molecule has 2 aromatic carbocycles. The van der Waals surface area contributed by atoms with Gasteiger partial charge in [0.1, 0.15) is 13.5 Å². The van der Waals surface area contributed by atoms with E-state index >= 15 is 0 Å². The number of nitrogens with zero attached hydrogens (tertiary/aromatic N) is 2. The van der Waals surface area contributed by atoms with E-state index in [-0.39, 0.29) is 32.3 Å². The molecule has 2 rings (SSSR count). The molecule has 4 N–H and O–H groups in total. The maximum atomic E-state index is 12.1. The van der Waals surface area contributed by atoms with Crippen LogP contribution in [0.5, 0.6) is 0 Å². The second-order valence-electron chi connectivity index (χ2n) is 5.37. The van der Waals surface area contributed by atoms with E-state index in [0.717, 1.165) is 45.9 Å². The van der Waals surface area contributed by atoms with E-state index in [4.69, 9.17) is 10.2 Å². The smallest absolute Gasteiger partial charge is 0.270 e. The number of aliphatic hydroxyl groups excluding tert-OH is 2. The van der Waals surface area contributed by atoms with Crippen LogP contribution in [0.2, 0.25) is 0 Å². The van der Waals surface area contributed by atoms with Crippen molar-refractivity contribution in [3.05, 3.63) is 67.8 Å². The molecule has 2 aromatic rings. The largest absolute Gasteiger partial charge is 0.376 e. The van der Waals surface area contributed by atoms with E-state index in [1.807, 2.05) is 0 Å². The van der Waals surface area contributed by atoms with Crippen molar-refractivity contribution in [3.63, 3.8) is 0 Å². The molecule has 0 bridgehead atoms. The molecular weight excluding hydrogens is 440 g/mol. The molecule has 0 aliphatic carbocycles. The second kappa shape index (κ2) is 10.5. The van der Waals surface area contributed by atoms with Gasteiger partial charge in [-0.2, -0.15) is 0 Å². The van der Waals surface area contributed by atoms with E-state index in [2.05, 4.69) is 10.6 Å². The summed E-state index contributed by atoms with van der Waals surface area (Å²) in [6, 6.07) is 6.92. The number of amides is 2. The number of nitro groups is 2. The molecule has 0 atom stereocenters. The Hall–Kier alpha value is -3.20. The Bertz CT molecular complexity index is 922. The van der Waals surface area contributed by atoms with Crippen LogP contribution in [-0.4, -0.2) is 45.3 Å². The second-order valence-corrected chi connectivity index (χ2v) is 7.58. The molecule has 0 saturated heterocycles. The summed E-state index contributed by atoms with van der Waals surface area (Å²) in [6.45, 7) is -1.30. The fourth-order valence-corrected chi connectivity index (χ4v) is 4.57. The van der Waals surface area contributed by atoms with Crippen LogP contribution in [0.15, 0.2) is 46.2 Å². The topological polar surface area (TPSA) is 185 Å². The standard InChI is InChI=1S/C16H14N4O8S2/c21-7-17-15(23)11-3-1-9(19(25)26)5-13(11)29-30-14-6-10(20(27)28)2-4-12(14)16(24)18-8-22/h1-6,21-22H,7-8H2,(H,17,23)(H,18,24). The molecule has 30 heavy (non-hydrogen) atoms. The first-order valence-corrected chi connectivity index (χ1v) is 10.1. The summed E-state index contributed by atoms with van der Waals surface area (Å²) in [5, 5.41) is 44.2. The third-order valence-electron chi connectivity index (χ3n) is 3.54. The Morgan fingerprint density at radius 1 is 0.800 bits per heavy atom. The van der Waals surface area contributed by atoms with Crippen LogP contribution in [0.4, 0.5) is 11.4 Å². The Balaban J connectivity index is 2.43. The van der Waals surface area contributed by atoms with E-state index in [1.165, 1.54) is 12.1 Å². The highest BCUT2D eigenvalue weighted by Crippen LogP contribution is 2.42. The number of nitrogens with one attached hydrogen (secondary N) is 2. The number of carbonyl (C=O) groups excluding carboxylic acids is 2. The normalized spacial score (nSPS) is 10.3. The molecule has 0 unspecified atom stereocenters. The summed E-state index contributed by atoms with van der Waals surface area (Å²) >= 11 is 0. The summed E-state index contributed by atoms with van der Waals surface area (Å²) in [6.07, 6.45) is 0. The Kier molecular flexibility index (Phi) is 8.11. The molecule has 0 aromatic heterocycles. The number of hydrogen-bond donors (Lipinski definition) is 4. The minimum absolute atomic E-state index is 0.0268. The molecule has 0 fully saturated rings. The quantitative estimate of drug-likeness (QED) is 0.188. The van der Waals surface area contributed by atoms with Gasteiger partial charge in [0, 0.05) is 34.1 Å². The SMILES string of the molecule is O=C(NCO)c1ccc([N+](=O)[O-])cc1SSc1cc([N+](=O)[O-])ccc1C(=O)NCO. The van der Waals surface area contributed by atoms with Crippen LogP contribution in [0.25, 0.3) is 0 Å². The highest BCUT2D eigenvalue weighted by molar-refractivity contribution is 8.76. The fourth-order valence-electron chi connectivity index (χ4n) is 2.19. The maximum absolute atomic E-state index is 12.1. The lowest BCUT2D eigenvalue weighted by molar-refractivity contribution is -0.385. The molecule has 0 heterocycles. The minimum atomic E-state index is -0.687. The van der Waals surface area contributed by atoms with Crippen LogP contribution in [0.1, 0.15) is 20.7 Å². The minimum Gasteiger partial charge on any atom is -0.376 e. The summed E-state index contributed by atoms with van der Waals surface area (Å²) < 4.78 is 0. The number of rotatable bonds is 9. The number of carbonyl (C=O) groups is 2. The van der Waals surface area contributed by atoms with Gasteiger partial charge in [-0.05, 0) is 12.1 Å². The van der Waals surface area contributed by atoms with Crippen molar-refractivity contribution in [2.24, 2.45) is 0 Å². The highest BCUT2D eigenvalue weighted by atomic mass is 33.1. The van der Waals surface area contributed by atoms with Gasteiger partial charge in [0.2, 0.25) is 0 Å². The van der Waals surface area contributed by atoms with Gasteiger partial charge in [-0.25, -0.2) is 0 Å². The van der Waals surface area contributed by atoms with Crippen molar-refractivity contribution < 1.29 is 29.6 Å². The Labute approximate surface area is 176 Å². The maximum Gasteiger partial charge on any atom is 0.270 e. The van der Waals surface area contributed by atoms with E-state index in [9.17, 15) is 29.8 Å². The van der Waals surface area contributed by atoms with Crippen LogP contribution in [0, 0.1) is 20.2 Å². The molecule has 0 radical (unpaired) electrons. The number of benzene rings is 2. The molecule has 0 spiro atoms. The molecule has 12 nitrogen and oxygen atoms in total. The summed E-state index contributed by atoms with van der Waals surface area (Å²) in [7, 11) is 1.72. The summed E-state index contributed by atoms with van der Waals surface area (Å²) in [5.74, 6) is -1.37. The first-order valence-electron chi connectivity index (χ1n) is 7.98. The average molecular weight is 454 g/mol. The Morgan fingerprint density at radius 2 is 1.17 bits per heavy atom. The predicted octanol–water partition coefficient (Wildman–Crippen LogP) is 1.66. The van der Waals surface area contributed by atoms with Crippen molar-refractivity contribution in [1.82, 2.24) is 10.6 Å². The lowest BCUT2D eigenvalue weighted by Crippen LogP contribution is -2.24. The molecule has 0 aliphatic rings. The molecular formula is C16H14N4O8S2. The summed E-state index contributed by atoms with van der Waals surface area (Å²) in [5.41, 5.74) is -0.537. The zero-order valence-corrected chi connectivity index (χ0v) is 16.6. The van der Waals surface area contributed by atoms with E-state index in [0.29, 0.717) is 0 Å². The van der Waals surface area contributed by atoms with Crippen molar-refractivity contribution in [2.45, 2.75) is 9.79 Å². The Morgan fingerprint density at radius 3 is 1.47 bits per heavy atom. The van der Waals surface area contributed by atoms with Crippen molar-refractivity contribution >= 4 is 44.8 Å². The van der Waals surface area contributed by atoms with Crippen LogP contribution < -0.4 is 10.6 Å². The van der Waals surface area contributed by atoms with Crippen LogP contribution in [0.3, 0.4) is 0 Å². The first kappa shape index (κ1) is 23.1. The van der Waals surface area contributed by atoms with Crippen molar-refractivity contribution in [1.29, 1.82) is 0 Å². The zero-order chi connectivity index (χ0) is 22.3. The number of nitro benzene ring substituents is 2. The van der Waals surface area contributed by atoms with Gasteiger partial charge in [-0.3, -0.25) is 29.8 Å². The van der Waals surface area contributed by atoms with Gasteiger partial charge in [0.15, 0.2) is 0 Å². The number of aliphatic hydroxyl groups is 2. The van der Waals surface area contributed by atoms with Crippen molar-refractivity contribution in [3.8, 4) is 0 Å². The predicted molar refractivity (Wildman–Crippen MR) is 107 cm³/mol. The van der Waals surface area contributed by atoms with E-state index in [1.54, 1.807) is 0 Å². The van der Waals surface area contributed by atoms with Gasteiger partial charge in [-0.15, -0.1) is 0 Å². The lowest BCUT2D eigenvalue weighted by atomic mass is 10.2. The highest BCUT2D eigenvalue weighted by Gasteiger charge is 2.20. The van der Waals surface area contributed by atoms with Gasteiger partial charge < -0.3 is 20.8 Å². The fraction of sp³-hybridized carbons (Fsp3) is 0.125. The molecule has 0 saturated carbocycles. The van der Waals surface area contributed by atoms with Crippen LogP contribution >= 0.6 is 21.6 Å². The number of non-ortho nitro benzene ring substituents is 2. The van der Waals surface area contributed by atoms with E-state index < -0.39 is 35.1 Å². The number of hydrogen-bond acceptors (Lipinski definition) is 10. The first-order chi connectivity index (χ1) is 14.3. The third kappa shape index (κ3) is 5.66.